The number of aromatic amines is 1. The average molecular weight is 410 g/mol. The molecule has 31 heavy (non-hydrogen) atoms. The Morgan fingerprint density at radius 1 is 0.774 bits per heavy atom. The second-order valence-corrected chi connectivity index (χ2v) is 7.93. The smallest absolute Gasteiger partial charge is 0.142 e. The maximum absolute atomic E-state index is 6.21. The third-order valence-electron chi connectivity index (χ3n) is 5.82. The van der Waals surface area contributed by atoms with Crippen molar-refractivity contribution in [1.82, 2.24) is 14.9 Å². The van der Waals surface area contributed by atoms with E-state index >= 15 is 0 Å². The minimum Gasteiger partial charge on any atom is -0.491 e. The molecule has 0 radical (unpaired) electrons. The molecule has 1 N–H and O–H groups in total. The number of imidazole rings is 1. The Morgan fingerprint density at radius 2 is 1.42 bits per heavy atom. The van der Waals surface area contributed by atoms with E-state index < -0.39 is 0 Å². The Balaban J connectivity index is 1.49. The van der Waals surface area contributed by atoms with E-state index in [1.165, 1.54) is 25.9 Å². The summed E-state index contributed by atoms with van der Waals surface area (Å²) in [4.78, 5) is 11.1. The number of rotatable bonds is 7. The molecule has 2 heterocycles. The van der Waals surface area contributed by atoms with Gasteiger partial charge in [0, 0.05) is 17.7 Å². The van der Waals surface area contributed by atoms with E-state index in [4.69, 9.17) is 9.72 Å². The third-order valence-corrected chi connectivity index (χ3v) is 5.82. The van der Waals surface area contributed by atoms with Crippen LogP contribution in [0.1, 0.15) is 12.8 Å². The molecule has 5 rings (SSSR count). The van der Waals surface area contributed by atoms with Crippen LogP contribution in [0.15, 0.2) is 84.9 Å². The van der Waals surface area contributed by atoms with Gasteiger partial charge in [0.15, 0.2) is 0 Å². The minimum atomic E-state index is 0.689. The first-order valence-electron chi connectivity index (χ1n) is 11.0. The summed E-state index contributed by atoms with van der Waals surface area (Å²) in [7, 11) is 0. The van der Waals surface area contributed by atoms with Crippen LogP contribution in [-0.4, -0.2) is 41.1 Å². The number of para-hydroxylation sites is 1. The van der Waals surface area contributed by atoms with E-state index in [-0.39, 0.29) is 0 Å². The van der Waals surface area contributed by atoms with Crippen molar-refractivity contribution in [3.8, 4) is 39.7 Å². The predicted molar refractivity (Wildman–Crippen MR) is 126 cm³/mol. The van der Waals surface area contributed by atoms with Gasteiger partial charge in [0.2, 0.25) is 0 Å². The number of aromatic nitrogens is 2. The Kier molecular flexibility index (Phi) is 5.81. The van der Waals surface area contributed by atoms with Crippen LogP contribution in [0.2, 0.25) is 0 Å². The summed E-state index contributed by atoms with van der Waals surface area (Å²) < 4.78 is 6.21. The standard InChI is InChI=1S/C27H27N3O/c1-3-11-21(12-4-1)25-26(22-13-5-2-6-14-22)29-27(28-25)23-15-7-8-16-24(23)31-20-19-30-17-9-10-18-30/h1-8,11-16H,9-10,17-20H2,(H,28,29). The number of hydrogen-bond acceptors (Lipinski definition) is 3. The molecule has 3 aromatic carbocycles. The summed E-state index contributed by atoms with van der Waals surface area (Å²) in [6, 6.07) is 28.9. The zero-order valence-electron chi connectivity index (χ0n) is 17.6. The van der Waals surface area contributed by atoms with Crippen molar-refractivity contribution >= 4 is 0 Å². The lowest BCUT2D eigenvalue weighted by atomic mass is 10.1. The maximum Gasteiger partial charge on any atom is 0.142 e. The molecule has 1 aliphatic rings. The lowest BCUT2D eigenvalue weighted by Crippen LogP contribution is -2.25. The van der Waals surface area contributed by atoms with E-state index in [9.17, 15) is 0 Å². The molecular weight excluding hydrogens is 382 g/mol. The summed E-state index contributed by atoms with van der Waals surface area (Å²) in [5.41, 5.74) is 5.18. The molecule has 156 valence electrons. The molecule has 4 nitrogen and oxygen atoms in total. The van der Waals surface area contributed by atoms with Crippen LogP contribution in [0.3, 0.4) is 0 Å². The first kappa shape index (κ1) is 19.6. The van der Waals surface area contributed by atoms with Gasteiger partial charge in [-0.15, -0.1) is 0 Å². The number of likely N-dealkylation sites (tertiary alicyclic amines) is 1. The highest BCUT2D eigenvalue weighted by Crippen LogP contribution is 2.35. The Hall–Kier alpha value is -3.37. The highest BCUT2D eigenvalue weighted by molar-refractivity contribution is 5.82. The van der Waals surface area contributed by atoms with Crippen molar-refractivity contribution in [2.24, 2.45) is 0 Å². The summed E-state index contributed by atoms with van der Waals surface area (Å²) >= 11 is 0. The predicted octanol–water partition coefficient (Wildman–Crippen LogP) is 5.89. The molecule has 1 saturated heterocycles. The van der Waals surface area contributed by atoms with Crippen molar-refractivity contribution < 1.29 is 4.74 Å². The summed E-state index contributed by atoms with van der Waals surface area (Å²) in [6.45, 7) is 4.03. The molecule has 0 saturated carbocycles. The summed E-state index contributed by atoms with van der Waals surface area (Å²) in [6.07, 6.45) is 2.60. The molecule has 4 aromatic rings. The Morgan fingerprint density at radius 3 is 2.16 bits per heavy atom. The van der Waals surface area contributed by atoms with Crippen molar-refractivity contribution in [1.29, 1.82) is 0 Å². The fraction of sp³-hybridized carbons (Fsp3) is 0.222. The van der Waals surface area contributed by atoms with Gasteiger partial charge in [-0.2, -0.15) is 0 Å². The monoisotopic (exact) mass is 409 g/mol. The third kappa shape index (κ3) is 4.39. The van der Waals surface area contributed by atoms with Gasteiger partial charge >= 0.3 is 0 Å². The molecule has 0 aliphatic carbocycles. The number of H-pyrrole nitrogens is 1. The van der Waals surface area contributed by atoms with E-state index in [0.717, 1.165) is 46.2 Å². The molecule has 4 heteroatoms. The van der Waals surface area contributed by atoms with Crippen LogP contribution in [0.4, 0.5) is 0 Å². The Labute approximate surface area is 183 Å². The number of benzene rings is 3. The van der Waals surface area contributed by atoms with E-state index in [2.05, 4.69) is 52.3 Å². The Bertz CT molecular complexity index is 1060. The van der Waals surface area contributed by atoms with Gasteiger partial charge in [-0.1, -0.05) is 72.8 Å². The molecule has 1 fully saturated rings. The van der Waals surface area contributed by atoms with Crippen LogP contribution in [0, 0.1) is 0 Å². The zero-order valence-corrected chi connectivity index (χ0v) is 17.6. The fourth-order valence-corrected chi connectivity index (χ4v) is 4.20. The number of nitrogens with one attached hydrogen (secondary N) is 1. The first-order valence-corrected chi connectivity index (χ1v) is 11.0. The van der Waals surface area contributed by atoms with Crippen molar-refractivity contribution in [3.05, 3.63) is 84.9 Å². The first-order chi connectivity index (χ1) is 15.4. The van der Waals surface area contributed by atoms with E-state index in [1.807, 2.05) is 42.5 Å². The lowest BCUT2D eigenvalue weighted by molar-refractivity contribution is 0.238. The number of ether oxygens (including phenoxy) is 1. The van der Waals surface area contributed by atoms with Crippen LogP contribution in [0.25, 0.3) is 33.9 Å². The van der Waals surface area contributed by atoms with Gasteiger partial charge in [0.05, 0.1) is 17.0 Å². The van der Waals surface area contributed by atoms with Crippen LogP contribution in [-0.2, 0) is 0 Å². The van der Waals surface area contributed by atoms with Crippen molar-refractivity contribution in [3.63, 3.8) is 0 Å². The van der Waals surface area contributed by atoms with Crippen LogP contribution >= 0.6 is 0 Å². The maximum atomic E-state index is 6.21. The second-order valence-electron chi connectivity index (χ2n) is 7.93. The van der Waals surface area contributed by atoms with Gasteiger partial charge < -0.3 is 9.72 Å². The van der Waals surface area contributed by atoms with Gasteiger partial charge in [0.25, 0.3) is 0 Å². The van der Waals surface area contributed by atoms with E-state index in [0.29, 0.717) is 6.61 Å². The van der Waals surface area contributed by atoms with E-state index in [1.54, 1.807) is 0 Å². The van der Waals surface area contributed by atoms with Crippen molar-refractivity contribution in [2.45, 2.75) is 12.8 Å². The van der Waals surface area contributed by atoms with Crippen LogP contribution < -0.4 is 4.74 Å². The molecule has 0 atom stereocenters. The molecular formula is C27H27N3O. The summed E-state index contributed by atoms with van der Waals surface area (Å²) in [5, 5.41) is 0. The quantitative estimate of drug-likeness (QED) is 0.414. The van der Waals surface area contributed by atoms with Gasteiger partial charge in [-0.3, -0.25) is 4.90 Å². The molecule has 0 spiro atoms. The normalized spacial score (nSPS) is 14.1. The molecule has 0 unspecified atom stereocenters. The van der Waals surface area contributed by atoms with Crippen molar-refractivity contribution in [2.75, 3.05) is 26.2 Å². The molecule has 1 aromatic heterocycles. The van der Waals surface area contributed by atoms with Gasteiger partial charge in [0.1, 0.15) is 18.2 Å². The highest BCUT2D eigenvalue weighted by Gasteiger charge is 2.18. The topological polar surface area (TPSA) is 41.1 Å². The zero-order chi connectivity index (χ0) is 20.9. The molecule has 0 amide bonds. The SMILES string of the molecule is c1ccc(-c2nc(-c3ccccc3OCCN3CCCC3)[nH]c2-c2ccccc2)cc1. The number of hydrogen-bond donors (Lipinski definition) is 1. The summed E-state index contributed by atoms with van der Waals surface area (Å²) in [5.74, 6) is 1.70. The van der Waals surface area contributed by atoms with Gasteiger partial charge in [-0.25, -0.2) is 4.98 Å². The number of nitrogens with zero attached hydrogens (tertiary/aromatic N) is 2. The average Bonchev–Trinajstić information content (AvgIpc) is 3.51. The minimum absolute atomic E-state index is 0.689. The lowest BCUT2D eigenvalue weighted by Gasteiger charge is -2.16. The molecule has 0 bridgehead atoms. The second kappa shape index (κ2) is 9.19. The largest absolute Gasteiger partial charge is 0.491 e. The fourth-order valence-electron chi connectivity index (χ4n) is 4.20. The van der Waals surface area contributed by atoms with Crippen LogP contribution in [0.5, 0.6) is 5.75 Å². The molecule has 1 aliphatic heterocycles. The highest BCUT2D eigenvalue weighted by atomic mass is 16.5. The van der Waals surface area contributed by atoms with Gasteiger partial charge in [-0.05, 0) is 38.1 Å².